The summed E-state index contributed by atoms with van der Waals surface area (Å²) >= 11 is 5.84. The van der Waals surface area contributed by atoms with Crippen molar-refractivity contribution in [1.82, 2.24) is 14.9 Å². The lowest BCUT2D eigenvalue weighted by atomic mass is 9.91. The molecule has 0 spiro atoms. The van der Waals surface area contributed by atoms with E-state index in [-0.39, 0.29) is 17.0 Å². The first-order valence-electron chi connectivity index (χ1n) is 10.8. The fourth-order valence-corrected chi connectivity index (χ4v) is 3.87. The summed E-state index contributed by atoms with van der Waals surface area (Å²) < 4.78 is 0. The molecule has 0 saturated heterocycles. The molecule has 2 N–H and O–H groups in total. The van der Waals surface area contributed by atoms with Crippen LogP contribution in [0.25, 0.3) is 0 Å². The Labute approximate surface area is 198 Å². The summed E-state index contributed by atoms with van der Waals surface area (Å²) in [6, 6.07) is 14.3. The third kappa shape index (κ3) is 5.56. The summed E-state index contributed by atoms with van der Waals surface area (Å²) in [7, 11) is 4.17. The van der Waals surface area contributed by atoms with Gasteiger partial charge in [-0.15, -0.1) is 0 Å². The number of nitrogens with one attached hydrogen (secondary N) is 2. The lowest BCUT2D eigenvalue weighted by molar-refractivity contribution is 0.102. The third-order valence-corrected chi connectivity index (χ3v) is 6.11. The maximum absolute atomic E-state index is 12.9. The molecular weight excluding hydrogens is 438 g/mol. The number of hydrogen-bond acceptors (Lipinski definition) is 5. The van der Waals surface area contributed by atoms with E-state index in [9.17, 15) is 9.59 Å². The number of carbonyl (C=O) groups is 2. The second kappa shape index (κ2) is 9.68. The number of halogens is 1. The summed E-state index contributed by atoms with van der Waals surface area (Å²) in [5.74, 6) is -0.440. The fourth-order valence-electron chi connectivity index (χ4n) is 3.75. The lowest BCUT2D eigenvalue weighted by Crippen LogP contribution is -2.20. The van der Waals surface area contributed by atoms with Gasteiger partial charge in [-0.1, -0.05) is 23.7 Å². The van der Waals surface area contributed by atoms with E-state index in [1.807, 2.05) is 24.3 Å². The van der Waals surface area contributed by atoms with E-state index < -0.39 is 5.91 Å². The van der Waals surface area contributed by atoms with Gasteiger partial charge in [0.2, 0.25) is 0 Å². The molecule has 170 valence electrons. The average Bonchev–Trinajstić information content (AvgIpc) is 3.61. The van der Waals surface area contributed by atoms with E-state index in [0.29, 0.717) is 22.1 Å². The maximum atomic E-state index is 12.9. The monoisotopic (exact) mass is 463 g/mol. The van der Waals surface area contributed by atoms with Gasteiger partial charge in [0, 0.05) is 18.0 Å². The summed E-state index contributed by atoms with van der Waals surface area (Å²) in [6.07, 6.45) is 6.42. The van der Waals surface area contributed by atoms with Crippen LogP contribution in [-0.2, 0) is 5.41 Å². The van der Waals surface area contributed by atoms with Gasteiger partial charge in [0.05, 0.1) is 10.7 Å². The van der Waals surface area contributed by atoms with Crippen LogP contribution >= 0.6 is 11.6 Å². The molecule has 2 amide bonds. The van der Waals surface area contributed by atoms with Gasteiger partial charge in [0.15, 0.2) is 5.69 Å². The molecule has 1 fully saturated rings. The number of pyridine rings is 2. The van der Waals surface area contributed by atoms with Crippen LogP contribution in [0.4, 0.5) is 11.5 Å². The maximum Gasteiger partial charge on any atom is 0.277 e. The molecule has 7 nitrogen and oxygen atoms in total. The normalized spacial score (nSPS) is 14.1. The zero-order chi connectivity index (χ0) is 23.4. The van der Waals surface area contributed by atoms with Crippen molar-refractivity contribution in [2.24, 2.45) is 0 Å². The quantitative estimate of drug-likeness (QED) is 0.509. The Kier molecular flexibility index (Phi) is 6.72. The van der Waals surface area contributed by atoms with Gasteiger partial charge in [-0.05, 0) is 87.3 Å². The molecule has 0 radical (unpaired) electrons. The lowest BCUT2D eigenvalue weighted by Gasteiger charge is -2.19. The molecule has 1 aromatic carbocycles. The summed E-state index contributed by atoms with van der Waals surface area (Å²) in [5, 5.41) is 5.94. The third-order valence-electron chi connectivity index (χ3n) is 5.89. The van der Waals surface area contributed by atoms with E-state index in [1.54, 1.807) is 24.3 Å². The highest BCUT2D eigenvalue weighted by molar-refractivity contribution is 6.30. The van der Waals surface area contributed by atoms with Crippen LogP contribution in [0.5, 0.6) is 0 Å². The first-order valence-corrected chi connectivity index (χ1v) is 11.2. The van der Waals surface area contributed by atoms with Crippen LogP contribution in [0.3, 0.4) is 0 Å². The Morgan fingerprint density at radius 3 is 2.39 bits per heavy atom. The molecule has 0 bridgehead atoms. The molecule has 0 atom stereocenters. The van der Waals surface area contributed by atoms with Crippen LogP contribution in [0.2, 0.25) is 5.02 Å². The summed E-state index contributed by atoms with van der Waals surface area (Å²) in [5.41, 5.74) is 2.46. The number of rotatable bonds is 8. The highest BCUT2D eigenvalue weighted by Crippen LogP contribution is 2.51. The second-order valence-electron chi connectivity index (χ2n) is 8.58. The molecule has 0 unspecified atom stereocenters. The zero-order valence-corrected chi connectivity index (χ0v) is 19.4. The van der Waals surface area contributed by atoms with Crippen LogP contribution in [0, 0.1) is 0 Å². The van der Waals surface area contributed by atoms with Crippen molar-refractivity contribution >= 4 is 34.9 Å². The molecule has 2 heterocycles. The largest absolute Gasteiger partial charge is 0.320 e. The molecule has 0 aliphatic heterocycles. The SMILES string of the molecule is CN(C)CCC1(c2ccc(C(=O)Nc3cccnc3C(=O)Nc3ccc(Cl)cn3)cc2)CC1. The van der Waals surface area contributed by atoms with Gasteiger partial charge in [0.25, 0.3) is 11.8 Å². The number of amides is 2. The van der Waals surface area contributed by atoms with Gasteiger partial charge in [-0.3, -0.25) is 9.59 Å². The van der Waals surface area contributed by atoms with Crippen LogP contribution in [0.15, 0.2) is 60.9 Å². The molecule has 4 rings (SSSR count). The van der Waals surface area contributed by atoms with Gasteiger partial charge in [0.1, 0.15) is 5.82 Å². The smallest absolute Gasteiger partial charge is 0.277 e. The van der Waals surface area contributed by atoms with E-state index in [1.165, 1.54) is 30.8 Å². The molecule has 1 aliphatic carbocycles. The first kappa shape index (κ1) is 22.9. The van der Waals surface area contributed by atoms with Crippen LogP contribution in [0.1, 0.15) is 45.7 Å². The first-order chi connectivity index (χ1) is 15.9. The highest BCUT2D eigenvalue weighted by atomic mass is 35.5. The fraction of sp³-hybridized carbons (Fsp3) is 0.280. The van der Waals surface area contributed by atoms with Gasteiger partial charge >= 0.3 is 0 Å². The van der Waals surface area contributed by atoms with Crippen LogP contribution < -0.4 is 10.6 Å². The molecule has 1 aliphatic rings. The topological polar surface area (TPSA) is 87.2 Å². The standard InChI is InChI=1S/C25H26ClN5O2/c1-31(2)15-13-25(11-12-25)18-7-5-17(6-8-18)23(32)29-20-4-3-14-27-22(20)24(33)30-21-10-9-19(26)16-28-21/h3-10,14,16H,11-13,15H2,1-2H3,(H,29,32)(H,28,30,33). The Hall–Kier alpha value is -3.29. The van der Waals surface area contributed by atoms with Crippen molar-refractivity contribution in [3.05, 3.63) is 82.8 Å². The predicted molar refractivity (Wildman–Crippen MR) is 130 cm³/mol. The highest BCUT2D eigenvalue weighted by Gasteiger charge is 2.43. The Balaban J connectivity index is 1.44. The van der Waals surface area contributed by atoms with E-state index in [2.05, 4.69) is 39.6 Å². The van der Waals surface area contributed by atoms with Gasteiger partial charge in [-0.25, -0.2) is 9.97 Å². The van der Waals surface area contributed by atoms with Crippen molar-refractivity contribution in [2.75, 3.05) is 31.3 Å². The Bertz CT molecular complexity index is 1140. The molecule has 1 saturated carbocycles. The van der Waals surface area contributed by atoms with Gasteiger partial charge in [-0.2, -0.15) is 0 Å². The molecule has 33 heavy (non-hydrogen) atoms. The van der Waals surface area contributed by atoms with Crippen molar-refractivity contribution < 1.29 is 9.59 Å². The minimum absolute atomic E-state index is 0.0971. The Morgan fingerprint density at radius 1 is 1.00 bits per heavy atom. The van der Waals surface area contributed by atoms with Crippen molar-refractivity contribution in [3.63, 3.8) is 0 Å². The summed E-state index contributed by atoms with van der Waals surface area (Å²) in [4.78, 5) is 36.0. The number of anilines is 2. The second-order valence-corrected chi connectivity index (χ2v) is 9.02. The molecule has 3 aromatic rings. The van der Waals surface area contributed by atoms with Crippen molar-refractivity contribution in [1.29, 1.82) is 0 Å². The van der Waals surface area contributed by atoms with Crippen molar-refractivity contribution in [2.45, 2.75) is 24.7 Å². The number of aromatic nitrogens is 2. The number of hydrogen-bond donors (Lipinski definition) is 2. The minimum atomic E-state index is -0.479. The van der Waals surface area contributed by atoms with E-state index in [0.717, 1.165) is 13.0 Å². The van der Waals surface area contributed by atoms with Gasteiger partial charge < -0.3 is 15.5 Å². The average molecular weight is 464 g/mol. The number of benzene rings is 1. The molecule has 8 heteroatoms. The minimum Gasteiger partial charge on any atom is -0.320 e. The summed E-state index contributed by atoms with van der Waals surface area (Å²) in [6.45, 7) is 1.04. The van der Waals surface area contributed by atoms with E-state index >= 15 is 0 Å². The van der Waals surface area contributed by atoms with Crippen LogP contribution in [-0.4, -0.2) is 47.3 Å². The zero-order valence-electron chi connectivity index (χ0n) is 18.6. The Morgan fingerprint density at radius 2 is 1.76 bits per heavy atom. The van der Waals surface area contributed by atoms with Crippen molar-refractivity contribution in [3.8, 4) is 0 Å². The number of nitrogens with zero attached hydrogens (tertiary/aromatic N) is 3. The number of carbonyl (C=O) groups excluding carboxylic acids is 2. The molecular formula is C25H26ClN5O2. The molecule has 2 aromatic heterocycles. The van der Waals surface area contributed by atoms with E-state index in [4.69, 9.17) is 11.6 Å². The predicted octanol–water partition coefficient (Wildman–Crippen LogP) is 4.62.